The smallest absolute Gasteiger partial charge is 0.267 e. The SMILES string of the molecule is Cc1cc(-c2cc(=O)n(CC(=O)Nc3ncncc3F)nc2C(C)C)cc(C2CC2(F)F)c1. The van der Waals surface area contributed by atoms with E-state index in [0.29, 0.717) is 22.4 Å². The van der Waals surface area contributed by atoms with Crippen LogP contribution in [0, 0.1) is 12.7 Å². The minimum atomic E-state index is -2.70. The molecule has 1 atom stereocenters. The Morgan fingerprint density at radius 2 is 2.00 bits per heavy atom. The van der Waals surface area contributed by atoms with Crippen LogP contribution in [0.2, 0.25) is 0 Å². The molecule has 1 aliphatic rings. The molecule has 0 spiro atoms. The maximum absolute atomic E-state index is 13.7. The van der Waals surface area contributed by atoms with E-state index in [0.717, 1.165) is 22.8 Å². The Balaban J connectivity index is 1.67. The molecule has 0 radical (unpaired) electrons. The van der Waals surface area contributed by atoms with Crippen molar-refractivity contribution in [1.82, 2.24) is 19.7 Å². The second-order valence-electron chi connectivity index (χ2n) is 8.51. The highest BCUT2D eigenvalue weighted by Gasteiger charge is 2.57. The highest BCUT2D eigenvalue weighted by atomic mass is 19.3. The van der Waals surface area contributed by atoms with Crippen LogP contribution in [0.4, 0.5) is 19.0 Å². The number of aromatic nitrogens is 4. The molecule has 33 heavy (non-hydrogen) atoms. The number of carbonyl (C=O) groups excluding carboxylic acids is 1. The molecule has 4 rings (SSSR count). The van der Waals surface area contributed by atoms with Crippen LogP contribution in [0.25, 0.3) is 11.1 Å². The van der Waals surface area contributed by atoms with E-state index in [-0.39, 0.29) is 18.2 Å². The number of nitrogens with one attached hydrogen (secondary N) is 1. The first kappa shape index (κ1) is 22.6. The van der Waals surface area contributed by atoms with Crippen molar-refractivity contribution in [3.8, 4) is 11.1 Å². The van der Waals surface area contributed by atoms with Crippen molar-refractivity contribution < 1.29 is 18.0 Å². The van der Waals surface area contributed by atoms with Gasteiger partial charge in [-0.05, 0) is 24.0 Å². The van der Waals surface area contributed by atoms with Crippen molar-refractivity contribution in [2.75, 3.05) is 5.32 Å². The summed E-state index contributed by atoms with van der Waals surface area (Å²) in [6.07, 6.45) is 1.81. The molecular formula is C23H22F3N5O2. The third-order valence-electron chi connectivity index (χ3n) is 5.43. The summed E-state index contributed by atoms with van der Waals surface area (Å²) in [7, 11) is 0. The van der Waals surface area contributed by atoms with Crippen molar-refractivity contribution in [2.24, 2.45) is 0 Å². The monoisotopic (exact) mass is 457 g/mol. The summed E-state index contributed by atoms with van der Waals surface area (Å²) >= 11 is 0. The van der Waals surface area contributed by atoms with Crippen molar-refractivity contribution in [1.29, 1.82) is 0 Å². The molecule has 1 fully saturated rings. The lowest BCUT2D eigenvalue weighted by Crippen LogP contribution is -2.31. The number of rotatable bonds is 6. The number of halogens is 3. The predicted molar refractivity (Wildman–Crippen MR) is 116 cm³/mol. The summed E-state index contributed by atoms with van der Waals surface area (Å²) in [5, 5.41) is 6.66. The standard InChI is InChI=1S/C23H22F3N5O2/c1-12(2)21-16(14-4-13(3)5-15(6-14)17-8-23(17,25)26)7-20(33)31(30-21)10-19(32)29-22-18(24)9-27-11-28-22/h4-7,9,11-12,17H,8,10H2,1-3H3,(H,27,28,29,32). The van der Waals surface area contributed by atoms with Gasteiger partial charge in [0.2, 0.25) is 5.91 Å². The van der Waals surface area contributed by atoms with Gasteiger partial charge in [0.1, 0.15) is 12.9 Å². The van der Waals surface area contributed by atoms with Gasteiger partial charge in [0.25, 0.3) is 11.5 Å². The van der Waals surface area contributed by atoms with Gasteiger partial charge in [0.05, 0.1) is 17.8 Å². The molecule has 2 heterocycles. The molecule has 1 aromatic carbocycles. The molecule has 2 aromatic heterocycles. The summed E-state index contributed by atoms with van der Waals surface area (Å²) in [6, 6.07) is 6.58. The van der Waals surface area contributed by atoms with Gasteiger partial charge in [-0.15, -0.1) is 0 Å². The molecule has 172 valence electrons. The first-order valence-corrected chi connectivity index (χ1v) is 10.4. The van der Waals surface area contributed by atoms with Crippen LogP contribution < -0.4 is 10.9 Å². The third kappa shape index (κ3) is 4.79. The first-order chi connectivity index (χ1) is 15.5. The Labute approximate surface area is 187 Å². The highest BCUT2D eigenvalue weighted by molar-refractivity contribution is 5.89. The second-order valence-corrected chi connectivity index (χ2v) is 8.51. The normalized spacial score (nSPS) is 16.6. The summed E-state index contributed by atoms with van der Waals surface area (Å²) in [4.78, 5) is 32.3. The van der Waals surface area contributed by atoms with Gasteiger partial charge < -0.3 is 5.32 Å². The number of nitrogens with zero attached hydrogens (tertiary/aromatic N) is 4. The van der Waals surface area contributed by atoms with Gasteiger partial charge >= 0.3 is 0 Å². The van der Waals surface area contributed by atoms with Crippen LogP contribution in [-0.4, -0.2) is 31.6 Å². The molecule has 1 N–H and O–H groups in total. The highest BCUT2D eigenvalue weighted by Crippen LogP contribution is 2.56. The fourth-order valence-corrected chi connectivity index (χ4v) is 3.73. The third-order valence-corrected chi connectivity index (χ3v) is 5.43. The van der Waals surface area contributed by atoms with Crippen LogP contribution >= 0.6 is 0 Å². The molecule has 0 aliphatic heterocycles. The quantitative estimate of drug-likeness (QED) is 0.604. The number of alkyl halides is 2. The number of carbonyl (C=O) groups is 1. The predicted octanol–water partition coefficient (Wildman–Crippen LogP) is 4.03. The van der Waals surface area contributed by atoms with Gasteiger partial charge in [0, 0.05) is 18.1 Å². The largest absolute Gasteiger partial charge is 0.307 e. The fourth-order valence-electron chi connectivity index (χ4n) is 3.73. The van der Waals surface area contributed by atoms with Crippen LogP contribution in [0.15, 0.2) is 41.6 Å². The van der Waals surface area contributed by atoms with E-state index in [2.05, 4.69) is 20.4 Å². The zero-order chi connectivity index (χ0) is 23.9. The number of benzene rings is 1. The van der Waals surface area contributed by atoms with Gasteiger partial charge in [0.15, 0.2) is 11.6 Å². The number of hydrogen-bond donors (Lipinski definition) is 1. The topological polar surface area (TPSA) is 89.8 Å². The van der Waals surface area contributed by atoms with E-state index in [9.17, 15) is 22.8 Å². The lowest BCUT2D eigenvalue weighted by molar-refractivity contribution is -0.117. The lowest BCUT2D eigenvalue weighted by atomic mass is 9.94. The van der Waals surface area contributed by atoms with Gasteiger partial charge in [-0.3, -0.25) is 9.59 Å². The number of hydrogen-bond acceptors (Lipinski definition) is 5. The van der Waals surface area contributed by atoms with E-state index in [1.54, 1.807) is 12.1 Å². The summed E-state index contributed by atoms with van der Waals surface area (Å²) < 4.78 is 41.9. The summed E-state index contributed by atoms with van der Waals surface area (Å²) in [6.45, 7) is 5.12. The van der Waals surface area contributed by atoms with Crippen LogP contribution in [-0.2, 0) is 11.3 Å². The minimum absolute atomic E-state index is 0.124. The fraction of sp³-hybridized carbons (Fsp3) is 0.348. The minimum Gasteiger partial charge on any atom is -0.307 e. The molecule has 1 saturated carbocycles. The van der Waals surface area contributed by atoms with Crippen molar-refractivity contribution in [3.05, 3.63) is 69.8 Å². The van der Waals surface area contributed by atoms with E-state index in [1.807, 2.05) is 26.8 Å². The molecule has 0 saturated heterocycles. The maximum Gasteiger partial charge on any atom is 0.267 e. The Bertz CT molecular complexity index is 1290. The maximum atomic E-state index is 13.7. The molecule has 7 nitrogen and oxygen atoms in total. The summed E-state index contributed by atoms with van der Waals surface area (Å²) in [5.41, 5.74) is 2.47. The Morgan fingerprint density at radius 1 is 1.27 bits per heavy atom. The number of amides is 1. The number of aryl methyl sites for hydroxylation is 1. The lowest BCUT2D eigenvalue weighted by Gasteiger charge is -2.16. The molecule has 1 amide bonds. The van der Waals surface area contributed by atoms with E-state index in [4.69, 9.17) is 0 Å². The first-order valence-electron chi connectivity index (χ1n) is 10.4. The van der Waals surface area contributed by atoms with E-state index >= 15 is 0 Å². The number of anilines is 1. The van der Waals surface area contributed by atoms with Gasteiger partial charge in [-0.2, -0.15) is 5.10 Å². The summed E-state index contributed by atoms with van der Waals surface area (Å²) in [5.74, 6) is -5.44. The average Bonchev–Trinajstić information content (AvgIpc) is 3.38. The molecule has 1 unspecified atom stereocenters. The Morgan fingerprint density at radius 3 is 2.64 bits per heavy atom. The van der Waals surface area contributed by atoms with Crippen LogP contribution in [0.5, 0.6) is 0 Å². The van der Waals surface area contributed by atoms with Crippen molar-refractivity contribution >= 4 is 11.7 Å². The Kier molecular flexibility index (Phi) is 5.77. The van der Waals surface area contributed by atoms with Crippen molar-refractivity contribution in [2.45, 2.75) is 51.5 Å². The van der Waals surface area contributed by atoms with Crippen molar-refractivity contribution in [3.63, 3.8) is 0 Å². The second kappa shape index (κ2) is 8.42. The van der Waals surface area contributed by atoms with Crippen LogP contribution in [0.3, 0.4) is 0 Å². The zero-order valence-corrected chi connectivity index (χ0v) is 18.3. The Hall–Kier alpha value is -3.56. The molecule has 0 bridgehead atoms. The van der Waals surface area contributed by atoms with Gasteiger partial charge in [-0.25, -0.2) is 27.8 Å². The zero-order valence-electron chi connectivity index (χ0n) is 18.3. The molecule has 3 aromatic rings. The van der Waals surface area contributed by atoms with E-state index < -0.39 is 35.7 Å². The van der Waals surface area contributed by atoms with Crippen LogP contribution in [0.1, 0.15) is 48.9 Å². The molecule has 10 heteroatoms. The average molecular weight is 457 g/mol. The van der Waals surface area contributed by atoms with Gasteiger partial charge in [-0.1, -0.05) is 37.6 Å². The van der Waals surface area contributed by atoms with E-state index in [1.165, 1.54) is 6.07 Å². The molecule has 1 aliphatic carbocycles. The molecular weight excluding hydrogens is 435 g/mol.